The van der Waals surface area contributed by atoms with Crippen molar-refractivity contribution in [3.8, 4) is 11.8 Å². The van der Waals surface area contributed by atoms with Gasteiger partial charge in [-0.3, -0.25) is 0 Å². The Bertz CT molecular complexity index is 346. The second-order valence-corrected chi connectivity index (χ2v) is 2.74. The number of nitriles is 1. The lowest BCUT2D eigenvalue weighted by atomic mass is 10.2. The van der Waals surface area contributed by atoms with Crippen molar-refractivity contribution in [1.29, 1.82) is 5.26 Å². The molecule has 3 nitrogen and oxygen atoms in total. The first-order chi connectivity index (χ1) is 6.77. The SMILES string of the molecule is CNCc1ccc(OCC#N)c(F)c1. The number of hydrogen-bond acceptors (Lipinski definition) is 3. The van der Waals surface area contributed by atoms with Crippen molar-refractivity contribution in [1.82, 2.24) is 5.32 Å². The fourth-order valence-electron chi connectivity index (χ4n) is 1.09. The second-order valence-electron chi connectivity index (χ2n) is 2.74. The summed E-state index contributed by atoms with van der Waals surface area (Å²) in [5.74, 6) is -0.320. The predicted molar refractivity (Wildman–Crippen MR) is 50.3 cm³/mol. The van der Waals surface area contributed by atoms with Gasteiger partial charge < -0.3 is 10.1 Å². The Morgan fingerprint density at radius 1 is 1.57 bits per heavy atom. The van der Waals surface area contributed by atoms with E-state index >= 15 is 0 Å². The Labute approximate surface area is 82.1 Å². The van der Waals surface area contributed by atoms with Crippen LogP contribution in [0.5, 0.6) is 5.75 Å². The minimum absolute atomic E-state index is 0.117. The number of ether oxygens (including phenoxy) is 1. The highest BCUT2D eigenvalue weighted by Crippen LogP contribution is 2.17. The van der Waals surface area contributed by atoms with Crippen molar-refractivity contribution in [2.75, 3.05) is 13.7 Å². The largest absolute Gasteiger partial charge is 0.476 e. The van der Waals surface area contributed by atoms with Gasteiger partial charge in [0, 0.05) is 6.54 Å². The molecule has 0 aliphatic rings. The van der Waals surface area contributed by atoms with Gasteiger partial charge in [-0.05, 0) is 24.7 Å². The van der Waals surface area contributed by atoms with Gasteiger partial charge in [0.1, 0.15) is 6.07 Å². The van der Waals surface area contributed by atoms with Crippen LogP contribution >= 0.6 is 0 Å². The van der Waals surface area contributed by atoms with Crippen molar-refractivity contribution < 1.29 is 9.13 Å². The molecular weight excluding hydrogens is 183 g/mol. The summed E-state index contributed by atoms with van der Waals surface area (Å²) in [4.78, 5) is 0. The van der Waals surface area contributed by atoms with Crippen LogP contribution in [0, 0.1) is 17.1 Å². The van der Waals surface area contributed by atoms with Crippen molar-refractivity contribution in [3.63, 3.8) is 0 Å². The van der Waals surface area contributed by atoms with Crippen molar-refractivity contribution in [2.24, 2.45) is 0 Å². The molecule has 1 N–H and O–H groups in total. The third-order valence-corrected chi connectivity index (χ3v) is 1.67. The quantitative estimate of drug-likeness (QED) is 0.789. The molecule has 0 aliphatic heterocycles. The summed E-state index contributed by atoms with van der Waals surface area (Å²) < 4.78 is 18.1. The summed E-state index contributed by atoms with van der Waals surface area (Å²) in [6.45, 7) is 0.470. The maximum atomic E-state index is 13.2. The first-order valence-electron chi connectivity index (χ1n) is 4.20. The molecule has 1 aromatic rings. The van der Waals surface area contributed by atoms with E-state index in [-0.39, 0.29) is 12.4 Å². The lowest BCUT2D eigenvalue weighted by Gasteiger charge is -2.05. The number of rotatable bonds is 4. The van der Waals surface area contributed by atoms with E-state index in [2.05, 4.69) is 5.32 Å². The zero-order valence-corrected chi connectivity index (χ0v) is 7.88. The average molecular weight is 194 g/mol. The Morgan fingerprint density at radius 3 is 2.93 bits per heavy atom. The molecule has 0 amide bonds. The normalized spacial score (nSPS) is 9.50. The zero-order valence-electron chi connectivity index (χ0n) is 7.88. The predicted octanol–water partition coefficient (Wildman–Crippen LogP) is 1.45. The van der Waals surface area contributed by atoms with Crippen molar-refractivity contribution in [3.05, 3.63) is 29.6 Å². The molecule has 0 saturated heterocycles. The van der Waals surface area contributed by atoms with Crippen LogP contribution in [0.15, 0.2) is 18.2 Å². The summed E-state index contributed by atoms with van der Waals surface area (Å²) in [5, 5.41) is 11.2. The van der Waals surface area contributed by atoms with E-state index < -0.39 is 5.82 Å². The molecule has 0 heterocycles. The fourth-order valence-corrected chi connectivity index (χ4v) is 1.09. The Morgan fingerprint density at radius 2 is 2.36 bits per heavy atom. The Hall–Kier alpha value is -1.60. The Kier molecular flexibility index (Phi) is 3.89. The van der Waals surface area contributed by atoms with Crippen LogP contribution in [-0.4, -0.2) is 13.7 Å². The molecule has 0 unspecified atom stereocenters. The van der Waals surface area contributed by atoms with Crippen LogP contribution in [0.1, 0.15) is 5.56 Å². The first kappa shape index (κ1) is 10.5. The van der Waals surface area contributed by atoms with Gasteiger partial charge in [0.15, 0.2) is 18.2 Å². The molecule has 0 spiro atoms. The average Bonchev–Trinajstić information content (AvgIpc) is 2.17. The molecule has 0 aromatic heterocycles. The highest BCUT2D eigenvalue weighted by atomic mass is 19.1. The molecule has 1 aromatic carbocycles. The van der Waals surface area contributed by atoms with E-state index in [4.69, 9.17) is 10.00 Å². The van der Waals surface area contributed by atoms with E-state index in [9.17, 15) is 4.39 Å². The van der Waals surface area contributed by atoms with Gasteiger partial charge in [-0.15, -0.1) is 0 Å². The van der Waals surface area contributed by atoms with Crippen LogP contribution in [0.4, 0.5) is 4.39 Å². The molecule has 74 valence electrons. The maximum absolute atomic E-state index is 13.2. The highest BCUT2D eigenvalue weighted by molar-refractivity contribution is 5.29. The standard InChI is InChI=1S/C10H11FN2O/c1-13-7-8-2-3-10(9(11)6-8)14-5-4-12/h2-3,6,13H,5,7H2,1H3. The van der Waals surface area contributed by atoms with Gasteiger partial charge in [0.05, 0.1) is 0 Å². The smallest absolute Gasteiger partial charge is 0.174 e. The molecule has 0 fully saturated rings. The molecular formula is C10H11FN2O. The van der Waals surface area contributed by atoms with Gasteiger partial charge in [0.2, 0.25) is 0 Å². The minimum atomic E-state index is -0.437. The van der Waals surface area contributed by atoms with E-state index in [1.807, 2.05) is 0 Å². The van der Waals surface area contributed by atoms with Gasteiger partial charge in [0.25, 0.3) is 0 Å². The molecule has 4 heteroatoms. The number of hydrogen-bond donors (Lipinski definition) is 1. The van der Waals surface area contributed by atoms with Crippen molar-refractivity contribution >= 4 is 0 Å². The summed E-state index contributed by atoms with van der Waals surface area (Å²) in [6, 6.07) is 6.46. The number of halogens is 1. The summed E-state index contributed by atoms with van der Waals surface area (Å²) in [6.07, 6.45) is 0. The van der Waals surface area contributed by atoms with Crippen LogP contribution in [0.2, 0.25) is 0 Å². The van der Waals surface area contributed by atoms with Crippen molar-refractivity contribution in [2.45, 2.75) is 6.54 Å². The highest BCUT2D eigenvalue weighted by Gasteiger charge is 2.03. The monoisotopic (exact) mass is 194 g/mol. The third kappa shape index (κ3) is 2.71. The summed E-state index contributed by atoms with van der Waals surface area (Å²) >= 11 is 0. The second kappa shape index (κ2) is 5.20. The van der Waals surface area contributed by atoms with E-state index in [0.29, 0.717) is 6.54 Å². The van der Waals surface area contributed by atoms with E-state index in [0.717, 1.165) is 5.56 Å². The number of nitrogens with zero attached hydrogens (tertiary/aromatic N) is 1. The Balaban J connectivity index is 2.75. The van der Waals surface area contributed by atoms with Gasteiger partial charge >= 0.3 is 0 Å². The first-order valence-corrected chi connectivity index (χ1v) is 4.20. The molecule has 1 rings (SSSR count). The molecule has 0 radical (unpaired) electrons. The van der Waals surface area contributed by atoms with Gasteiger partial charge in [-0.2, -0.15) is 5.26 Å². The molecule has 0 bridgehead atoms. The number of nitrogens with one attached hydrogen (secondary N) is 1. The molecule has 0 aliphatic carbocycles. The van der Waals surface area contributed by atoms with Crippen LogP contribution in [-0.2, 0) is 6.54 Å². The van der Waals surface area contributed by atoms with Gasteiger partial charge in [-0.1, -0.05) is 6.07 Å². The lowest BCUT2D eigenvalue weighted by molar-refractivity contribution is 0.346. The molecule has 0 saturated carbocycles. The van der Waals surface area contributed by atoms with Crippen LogP contribution in [0.3, 0.4) is 0 Å². The lowest BCUT2D eigenvalue weighted by Crippen LogP contribution is -2.05. The minimum Gasteiger partial charge on any atom is -0.476 e. The van der Waals surface area contributed by atoms with Crippen LogP contribution in [0.25, 0.3) is 0 Å². The van der Waals surface area contributed by atoms with Gasteiger partial charge in [-0.25, -0.2) is 4.39 Å². The number of benzene rings is 1. The summed E-state index contributed by atoms with van der Waals surface area (Å²) in [7, 11) is 1.79. The molecule has 14 heavy (non-hydrogen) atoms. The topological polar surface area (TPSA) is 45.0 Å². The zero-order chi connectivity index (χ0) is 10.4. The van der Waals surface area contributed by atoms with Crippen LogP contribution < -0.4 is 10.1 Å². The fraction of sp³-hybridized carbons (Fsp3) is 0.300. The maximum Gasteiger partial charge on any atom is 0.174 e. The van der Waals surface area contributed by atoms with E-state index in [1.54, 1.807) is 19.2 Å². The summed E-state index contributed by atoms with van der Waals surface area (Å²) in [5.41, 5.74) is 0.842. The van der Waals surface area contributed by atoms with E-state index in [1.165, 1.54) is 12.1 Å². The third-order valence-electron chi connectivity index (χ3n) is 1.67. The molecule has 0 atom stereocenters.